The fourth-order valence-corrected chi connectivity index (χ4v) is 5.65. The topological polar surface area (TPSA) is 176 Å². The number of esters is 2. The van der Waals surface area contributed by atoms with Gasteiger partial charge in [0.05, 0.1) is 11.0 Å². The van der Waals surface area contributed by atoms with E-state index in [0.717, 1.165) is 0 Å². The van der Waals surface area contributed by atoms with Crippen LogP contribution >= 0.6 is 0 Å². The molecule has 0 radical (unpaired) electrons. The molecule has 0 fully saturated rings. The summed E-state index contributed by atoms with van der Waals surface area (Å²) in [5.74, 6) is -10.8. The lowest BCUT2D eigenvalue weighted by atomic mass is 9.91. The van der Waals surface area contributed by atoms with Crippen LogP contribution in [0.4, 0.5) is 39.5 Å². The average molecular weight is 706 g/mol. The lowest BCUT2D eigenvalue weighted by Gasteiger charge is -2.31. The lowest BCUT2D eigenvalue weighted by Crippen LogP contribution is -2.64. The Kier molecular flexibility index (Phi) is 10.9. The minimum Gasteiger partial charge on any atom is -0.462 e. The Morgan fingerprint density at radius 3 is 1.65 bits per heavy atom. The Hall–Kier alpha value is -2.86. The van der Waals surface area contributed by atoms with Gasteiger partial charge in [-0.2, -0.15) is 47.9 Å². The van der Waals surface area contributed by atoms with Crippen molar-refractivity contribution < 1.29 is 88.0 Å². The van der Waals surface area contributed by atoms with E-state index in [4.69, 9.17) is 9.47 Å². The highest BCUT2D eigenvalue weighted by atomic mass is 32.3. The number of ether oxygens (including phenoxy) is 2. The van der Waals surface area contributed by atoms with Crippen molar-refractivity contribution in [3.63, 3.8) is 0 Å². The van der Waals surface area contributed by atoms with E-state index in [9.17, 15) is 74.4 Å². The van der Waals surface area contributed by atoms with Crippen LogP contribution in [0.25, 0.3) is 0 Å². The molecular weight excluding hydrogens is 685 g/mol. The molecular formula is C19H20F9NO11S3. The molecule has 0 aliphatic carbocycles. The van der Waals surface area contributed by atoms with Crippen molar-refractivity contribution in [2.75, 3.05) is 13.2 Å². The van der Waals surface area contributed by atoms with Crippen molar-refractivity contribution in [2.24, 2.45) is 5.41 Å². The summed E-state index contributed by atoms with van der Waals surface area (Å²) in [4.78, 5) is 23.8. The van der Waals surface area contributed by atoms with Gasteiger partial charge in [0, 0.05) is 0 Å². The molecule has 248 valence electrons. The van der Waals surface area contributed by atoms with Crippen LogP contribution in [0.2, 0.25) is 0 Å². The second-order valence-corrected chi connectivity index (χ2v) is 14.0. The SMILES string of the molecule is CCC(C)(C)C(=O)OCCOC(=O)c1ccc(OS(=O)(=O)C(F)(F)C(F)(F)C(F)(F)S(=O)(=O)NS(=O)(=O)C(F)(F)F)cc1. The zero-order valence-electron chi connectivity index (χ0n) is 21.5. The third kappa shape index (κ3) is 7.81. The highest BCUT2D eigenvalue weighted by Crippen LogP contribution is 2.51. The number of hydrogen-bond donors (Lipinski definition) is 1. The summed E-state index contributed by atoms with van der Waals surface area (Å²) in [6, 6.07) is 1.89. The van der Waals surface area contributed by atoms with Crippen molar-refractivity contribution in [1.82, 2.24) is 4.13 Å². The van der Waals surface area contributed by atoms with Gasteiger partial charge in [0.15, 0.2) is 0 Å². The second kappa shape index (κ2) is 12.3. The van der Waals surface area contributed by atoms with Crippen molar-refractivity contribution >= 4 is 42.1 Å². The molecule has 1 N–H and O–H groups in total. The van der Waals surface area contributed by atoms with Crippen LogP contribution in [-0.2, 0) is 44.4 Å². The number of nitrogens with one attached hydrogen (secondary N) is 1. The smallest absolute Gasteiger partial charge is 0.462 e. The summed E-state index contributed by atoms with van der Waals surface area (Å²) in [5.41, 5.74) is -8.01. The quantitative estimate of drug-likeness (QED) is 0.130. The van der Waals surface area contributed by atoms with Crippen LogP contribution in [0.15, 0.2) is 24.3 Å². The molecule has 0 unspecified atom stereocenters. The van der Waals surface area contributed by atoms with Gasteiger partial charge in [-0.25, -0.2) is 21.6 Å². The first kappa shape index (κ1) is 38.2. The first-order chi connectivity index (χ1) is 19.0. The number of alkyl halides is 9. The van der Waals surface area contributed by atoms with E-state index in [1.54, 1.807) is 20.8 Å². The Balaban J connectivity index is 3.10. The molecule has 0 aliphatic heterocycles. The van der Waals surface area contributed by atoms with E-state index >= 15 is 0 Å². The molecule has 1 aromatic carbocycles. The van der Waals surface area contributed by atoms with Crippen molar-refractivity contribution in [3.05, 3.63) is 29.8 Å². The molecule has 0 aromatic heterocycles. The molecule has 0 aliphatic rings. The fraction of sp³-hybridized carbons (Fsp3) is 0.579. The van der Waals surface area contributed by atoms with Gasteiger partial charge in [-0.15, -0.1) is 0 Å². The number of carbonyl (C=O) groups excluding carboxylic acids is 2. The van der Waals surface area contributed by atoms with Crippen LogP contribution in [0.5, 0.6) is 5.75 Å². The molecule has 43 heavy (non-hydrogen) atoms. The van der Waals surface area contributed by atoms with E-state index in [2.05, 4.69) is 4.18 Å². The number of carbonyl (C=O) groups is 2. The van der Waals surface area contributed by atoms with Crippen molar-refractivity contribution in [3.8, 4) is 5.75 Å². The summed E-state index contributed by atoms with van der Waals surface area (Å²) in [5, 5.41) is -14.8. The van der Waals surface area contributed by atoms with Crippen LogP contribution in [0.1, 0.15) is 37.6 Å². The average Bonchev–Trinajstić information content (AvgIpc) is 2.84. The highest BCUT2D eigenvalue weighted by Gasteiger charge is 2.83. The third-order valence-electron chi connectivity index (χ3n) is 5.19. The molecule has 0 spiro atoms. The first-order valence-electron chi connectivity index (χ1n) is 10.9. The largest absolute Gasteiger partial charge is 0.512 e. The predicted octanol–water partition coefficient (Wildman–Crippen LogP) is 3.12. The van der Waals surface area contributed by atoms with Crippen LogP contribution in [0, 0.1) is 5.41 Å². The molecule has 12 nitrogen and oxygen atoms in total. The van der Waals surface area contributed by atoms with E-state index in [0.29, 0.717) is 30.7 Å². The number of benzene rings is 1. The Labute approximate surface area is 237 Å². The summed E-state index contributed by atoms with van der Waals surface area (Å²) in [6.07, 6.45) is 0.421. The zero-order chi connectivity index (χ0) is 34.1. The van der Waals surface area contributed by atoms with Gasteiger partial charge in [0.2, 0.25) is 0 Å². The summed E-state index contributed by atoms with van der Waals surface area (Å²) in [7, 11) is -22.7. The number of rotatable bonds is 14. The van der Waals surface area contributed by atoms with Gasteiger partial charge in [-0.05, 0) is 44.5 Å². The summed E-state index contributed by atoms with van der Waals surface area (Å²) >= 11 is 0. The van der Waals surface area contributed by atoms with Gasteiger partial charge in [0.25, 0.3) is 10.0 Å². The maximum absolute atomic E-state index is 14.2. The minimum atomic E-state index is -7.93. The lowest BCUT2D eigenvalue weighted by molar-refractivity contribution is -0.245. The van der Waals surface area contributed by atoms with Crippen LogP contribution < -0.4 is 8.31 Å². The number of halogens is 9. The maximum atomic E-state index is 14.2. The van der Waals surface area contributed by atoms with Crippen LogP contribution in [0.3, 0.4) is 0 Å². The monoisotopic (exact) mass is 705 g/mol. The molecule has 1 rings (SSSR count). The normalized spacial score (nSPS) is 14.2. The number of sulfonamides is 2. The second-order valence-electron chi connectivity index (χ2n) is 8.72. The Morgan fingerprint density at radius 1 is 0.744 bits per heavy atom. The van der Waals surface area contributed by atoms with E-state index in [1.165, 1.54) is 0 Å². The standard InChI is InChI=1S/C19H20F9NO11S3/c1-4-15(2,3)14(31)39-10-9-38-13(30)11-5-7-12(8-6-11)40-43(36,37)18(24,25)16(20,21)17(22,23)41(32,33)29-42(34,35)19(26,27)28/h5-8,29H,4,9-10H2,1-3H3. The molecule has 0 saturated heterocycles. The first-order valence-corrected chi connectivity index (χ1v) is 15.2. The molecule has 0 saturated carbocycles. The molecule has 0 heterocycles. The third-order valence-corrected chi connectivity index (χ3v) is 9.78. The Morgan fingerprint density at radius 2 is 1.21 bits per heavy atom. The van der Waals surface area contributed by atoms with Gasteiger partial charge >= 0.3 is 54.0 Å². The highest BCUT2D eigenvalue weighted by molar-refractivity contribution is 8.05. The van der Waals surface area contributed by atoms with Gasteiger partial charge in [0.1, 0.15) is 19.0 Å². The maximum Gasteiger partial charge on any atom is 0.512 e. The van der Waals surface area contributed by atoms with Crippen molar-refractivity contribution in [2.45, 2.75) is 49.1 Å². The van der Waals surface area contributed by atoms with Crippen LogP contribution in [-0.4, -0.2) is 72.3 Å². The van der Waals surface area contributed by atoms with Gasteiger partial charge in [-0.1, -0.05) is 11.1 Å². The van der Waals surface area contributed by atoms with E-state index in [1.807, 2.05) is 0 Å². The molecule has 1 aromatic rings. The minimum absolute atomic E-state index is 0.346. The van der Waals surface area contributed by atoms with E-state index in [-0.39, 0.29) is 0 Å². The molecule has 0 amide bonds. The Bertz CT molecular complexity index is 1520. The summed E-state index contributed by atoms with van der Waals surface area (Å²) in [6.45, 7) is 3.99. The van der Waals surface area contributed by atoms with Gasteiger partial charge in [-0.3, -0.25) is 4.79 Å². The summed E-state index contributed by atoms with van der Waals surface area (Å²) < 4.78 is 201. The zero-order valence-corrected chi connectivity index (χ0v) is 24.0. The van der Waals surface area contributed by atoms with Gasteiger partial charge < -0.3 is 13.7 Å². The van der Waals surface area contributed by atoms with Crippen molar-refractivity contribution in [1.29, 1.82) is 0 Å². The molecule has 0 atom stereocenters. The predicted molar refractivity (Wildman–Crippen MR) is 123 cm³/mol. The fourth-order valence-electron chi connectivity index (χ4n) is 2.26. The van der Waals surface area contributed by atoms with E-state index < -0.39 is 98.1 Å². The molecule has 0 bridgehead atoms. The number of hydrogen-bond acceptors (Lipinski definition) is 11. The molecule has 24 heteroatoms.